The summed E-state index contributed by atoms with van der Waals surface area (Å²) in [4.78, 5) is 29.0. The first-order valence-electron chi connectivity index (χ1n) is 10.6. The van der Waals surface area contributed by atoms with Crippen LogP contribution in [0.5, 0.6) is 0 Å². The van der Waals surface area contributed by atoms with E-state index in [0.29, 0.717) is 23.5 Å². The van der Waals surface area contributed by atoms with Gasteiger partial charge in [-0.1, -0.05) is 12.1 Å². The number of amides is 2. The van der Waals surface area contributed by atoms with Crippen LogP contribution in [0.3, 0.4) is 0 Å². The molecule has 2 fully saturated rings. The lowest BCUT2D eigenvalue weighted by Gasteiger charge is -2.20. The van der Waals surface area contributed by atoms with E-state index in [4.69, 9.17) is 10.5 Å². The minimum absolute atomic E-state index is 0.0209. The van der Waals surface area contributed by atoms with Gasteiger partial charge in [-0.2, -0.15) is 0 Å². The van der Waals surface area contributed by atoms with Crippen LogP contribution >= 0.6 is 0 Å². The van der Waals surface area contributed by atoms with Gasteiger partial charge < -0.3 is 30.9 Å². The van der Waals surface area contributed by atoms with Crippen molar-refractivity contribution in [2.45, 2.75) is 25.0 Å². The Kier molecular flexibility index (Phi) is 6.27. The van der Waals surface area contributed by atoms with Crippen molar-refractivity contribution in [3.05, 3.63) is 54.1 Å². The molecule has 4 rings (SSSR count). The maximum Gasteiger partial charge on any atom is 0.407 e. The Labute approximate surface area is 182 Å². The van der Waals surface area contributed by atoms with Crippen LogP contribution in [0.4, 0.5) is 21.9 Å². The molecule has 4 N–H and O–H groups in total. The summed E-state index contributed by atoms with van der Waals surface area (Å²) >= 11 is 0. The van der Waals surface area contributed by atoms with Crippen molar-refractivity contribution in [2.24, 2.45) is 0 Å². The van der Waals surface area contributed by atoms with E-state index in [1.807, 2.05) is 31.3 Å². The fraction of sp³-hybridized carbons (Fsp3) is 0.391. The zero-order valence-corrected chi connectivity index (χ0v) is 17.7. The average molecular weight is 424 g/mol. The van der Waals surface area contributed by atoms with E-state index in [1.54, 1.807) is 24.3 Å². The number of likely N-dealkylation sites (tertiary alicyclic amines) is 1. The highest BCUT2D eigenvalue weighted by atomic mass is 16.6. The summed E-state index contributed by atoms with van der Waals surface area (Å²) in [5.41, 5.74) is 8.60. The number of nitrogen functional groups attached to an aromatic ring is 1. The molecule has 2 heterocycles. The van der Waals surface area contributed by atoms with Crippen molar-refractivity contribution in [3.63, 3.8) is 0 Å². The molecule has 0 unspecified atom stereocenters. The molecule has 2 aliphatic heterocycles. The van der Waals surface area contributed by atoms with Gasteiger partial charge in [0, 0.05) is 37.4 Å². The largest absolute Gasteiger partial charge is 0.445 e. The van der Waals surface area contributed by atoms with Crippen molar-refractivity contribution < 1.29 is 14.3 Å². The van der Waals surface area contributed by atoms with Crippen LogP contribution in [0.1, 0.15) is 23.2 Å². The van der Waals surface area contributed by atoms with Gasteiger partial charge in [0.2, 0.25) is 0 Å². The normalized spacial score (nSPS) is 21.1. The summed E-state index contributed by atoms with van der Waals surface area (Å²) in [5, 5.41) is 5.82. The molecule has 0 saturated carbocycles. The molecule has 2 amide bonds. The maximum atomic E-state index is 12.5. The Balaban J connectivity index is 1.28. The lowest BCUT2D eigenvalue weighted by Crippen LogP contribution is -2.39. The van der Waals surface area contributed by atoms with Gasteiger partial charge in [-0.25, -0.2) is 4.79 Å². The van der Waals surface area contributed by atoms with Gasteiger partial charge in [-0.05, 0) is 56.3 Å². The van der Waals surface area contributed by atoms with Crippen LogP contribution in [-0.2, 0) is 4.74 Å². The average Bonchev–Trinajstić information content (AvgIpc) is 3.38. The van der Waals surface area contributed by atoms with E-state index in [2.05, 4.69) is 20.4 Å². The van der Waals surface area contributed by atoms with Crippen LogP contribution in [0, 0.1) is 0 Å². The lowest BCUT2D eigenvalue weighted by atomic mass is 10.1. The summed E-state index contributed by atoms with van der Waals surface area (Å²) < 4.78 is 5.52. The zero-order chi connectivity index (χ0) is 21.8. The van der Waals surface area contributed by atoms with E-state index >= 15 is 0 Å². The summed E-state index contributed by atoms with van der Waals surface area (Å²) in [6.07, 6.45) is 1.39. The molecule has 2 aliphatic rings. The first-order valence-corrected chi connectivity index (χ1v) is 10.6. The minimum Gasteiger partial charge on any atom is -0.445 e. The first-order chi connectivity index (χ1) is 15.0. The molecule has 2 aromatic carbocycles. The molecule has 0 radical (unpaired) electrons. The van der Waals surface area contributed by atoms with Crippen molar-refractivity contribution in [1.29, 1.82) is 0 Å². The van der Waals surface area contributed by atoms with Crippen molar-refractivity contribution in [3.8, 4) is 0 Å². The number of hydrogen-bond acceptors (Lipinski definition) is 6. The SMILES string of the molecule is CN1CC[C@@H](OC(=O)N[C@H]2CCN(c3ccc(C(=O)Nc4ccccc4N)cc3)C2)C1. The van der Waals surface area contributed by atoms with Crippen LogP contribution in [0.2, 0.25) is 0 Å². The molecule has 0 aliphatic carbocycles. The Hall–Kier alpha value is -3.26. The highest BCUT2D eigenvalue weighted by Crippen LogP contribution is 2.23. The minimum atomic E-state index is -0.334. The zero-order valence-electron chi connectivity index (χ0n) is 17.7. The third kappa shape index (κ3) is 5.27. The monoisotopic (exact) mass is 423 g/mol. The van der Waals surface area contributed by atoms with Gasteiger partial charge in [-0.15, -0.1) is 0 Å². The third-order valence-electron chi connectivity index (χ3n) is 5.84. The van der Waals surface area contributed by atoms with E-state index in [9.17, 15) is 9.59 Å². The highest BCUT2D eigenvalue weighted by molar-refractivity contribution is 6.05. The van der Waals surface area contributed by atoms with Crippen LogP contribution in [0.15, 0.2) is 48.5 Å². The summed E-state index contributed by atoms with van der Waals surface area (Å²) in [5.74, 6) is -0.203. The van der Waals surface area contributed by atoms with E-state index in [1.165, 1.54) is 0 Å². The predicted octanol–water partition coefficient (Wildman–Crippen LogP) is 2.53. The van der Waals surface area contributed by atoms with Gasteiger partial charge in [0.1, 0.15) is 6.10 Å². The smallest absolute Gasteiger partial charge is 0.407 e. The number of rotatable bonds is 5. The van der Waals surface area contributed by atoms with Gasteiger partial charge >= 0.3 is 6.09 Å². The fourth-order valence-corrected chi connectivity index (χ4v) is 4.08. The molecule has 164 valence electrons. The van der Waals surface area contributed by atoms with Gasteiger partial charge in [-0.3, -0.25) is 4.79 Å². The standard InChI is InChI=1S/C23H29N5O3/c1-27-12-11-19(15-27)31-23(30)25-17-10-13-28(14-17)18-8-6-16(7-9-18)22(29)26-21-5-3-2-4-20(21)24/h2-9,17,19H,10-15,24H2,1H3,(H,25,30)(H,26,29)/t17-,19+/m0/s1. The number of carbonyl (C=O) groups excluding carboxylic acids is 2. The number of nitrogens with one attached hydrogen (secondary N) is 2. The van der Waals surface area contributed by atoms with Crippen LogP contribution in [0.25, 0.3) is 0 Å². The Bertz CT molecular complexity index is 933. The number of nitrogens with two attached hydrogens (primary N) is 1. The Morgan fingerprint density at radius 3 is 2.52 bits per heavy atom. The molecule has 0 spiro atoms. The second kappa shape index (κ2) is 9.26. The second-order valence-corrected chi connectivity index (χ2v) is 8.24. The third-order valence-corrected chi connectivity index (χ3v) is 5.84. The molecular weight excluding hydrogens is 394 g/mol. The lowest BCUT2D eigenvalue weighted by molar-refractivity contribution is 0.0995. The molecule has 2 aromatic rings. The molecule has 8 nitrogen and oxygen atoms in total. The number of hydrogen-bond donors (Lipinski definition) is 3. The van der Waals surface area contributed by atoms with Gasteiger partial charge in [0.15, 0.2) is 0 Å². The summed E-state index contributed by atoms with van der Waals surface area (Å²) in [7, 11) is 2.03. The molecule has 8 heteroatoms. The van der Waals surface area contributed by atoms with Crippen LogP contribution < -0.4 is 21.3 Å². The number of anilines is 3. The second-order valence-electron chi connectivity index (χ2n) is 8.24. The number of para-hydroxylation sites is 2. The topological polar surface area (TPSA) is 99.9 Å². The maximum absolute atomic E-state index is 12.5. The van der Waals surface area contributed by atoms with E-state index in [0.717, 1.165) is 38.2 Å². The van der Waals surface area contributed by atoms with Crippen molar-refractivity contribution in [2.75, 3.05) is 49.2 Å². The molecule has 2 saturated heterocycles. The van der Waals surface area contributed by atoms with E-state index in [-0.39, 0.29) is 24.1 Å². The van der Waals surface area contributed by atoms with Gasteiger partial charge in [0.25, 0.3) is 5.91 Å². The number of carbonyl (C=O) groups is 2. The first kappa shape index (κ1) is 21.0. The van der Waals surface area contributed by atoms with Gasteiger partial charge in [0.05, 0.1) is 17.4 Å². The molecule has 0 bridgehead atoms. The molecule has 2 atom stereocenters. The van der Waals surface area contributed by atoms with Crippen molar-refractivity contribution in [1.82, 2.24) is 10.2 Å². The number of alkyl carbamates (subject to hydrolysis) is 1. The van der Waals surface area contributed by atoms with Crippen LogP contribution in [-0.4, -0.2) is 62.3 Å². The number of benzene rings is 2. The number of ether oxygens (including phenoxy) is 1. The predicted molar refractivity (Wildman–Crippen MR) is 121 cm³/mol. The number of likely N-dealkylation sites (N-methyl/N-ethyl adjacent to an activating group) is 1. The Morgan fingerprint density at radius 2 is 1.81 bits per heavy atom. The summed E-state index contributed by atoms with van der Waals surface area (Å²) in [6.45, 7) is 3.30. The quantitative estimate of drug-likeness (QED) is 0.639. The Morgan fingerprint density at radius 1 is 1.03 bits per heavy atom. The number of nitrogens with zero attached hydrogens (tertiary/aromatic N) is 2. The van der Waals surface area contributed by atoms with Crippen molar-refractivity contribution >= 4 is 29.1 Å². The molecule has 0 aromatic heterocycles. The van der Waals surface area contributed by atoms with E-state index < -0.39 is 0 Å². The summed E-state index contributed by atoms with van der Waals surface area (Å²) in [6, 6.07) is 14.7. The highest BCUT2D eigenvalue weighted by Gasteiger charge is 2.27. The molecule has 31 heavy (non-hydrogen) atoms. The molecular formula is C23H29N5O3. The fourth-order valence-electron chi connectivity index (χ4n) is 4.08.